The van der Waals surface area contributed by atoms with Crippen LogP contribution in [-0.2, 0) is 4.79 Å². The van der Waals surface area contributed by atoms with Crippen LogP contribution in [0.25, 0.3) is 0 Å². The first-order valence-corrected chi connectivity index (χ1v) is 6.52. The van der Waals surface area contributed by atoms with Gasteiger partial charge in [-0.25, -0.2) is 4.79 Å². The number of aliphatic carboxylic acids is 1. The molecule has 0 bridgehead atoms. The summed E-state index contributed by atoms with van der Waals surface area (Å²) in [5, 5.41) is 13.8. The number of carbonyl (C=O) groups is 2. The van der Waals surface area contributed by atoms with Crippen molar-refractivity contribution in [2.75, 3.05) is 13.2 Å². The van der Waals surface area contributed by atoms with Gasteiger partial charge in [0, 0.05) is 12.5 Å². The Bertz CT molecular complexity index is 422. The Kier molecular flexibility index (Phi) is 6.95. The van der Waals surface area contributed by atoms with E-state index < -0.39 is 5.97 Å². The molecule has 0 saturated carbocycles. The van der Waals surface area contributed by atoms with Gasteiger partial charge in [0.25, 0.3) is 0 Å². The molecule has 0 heterocycles. The average molecular weight is 280 g/mol. The number of benzene rings is 1. The van der Waals surface area contributed by atoms with Crippen LogP contribution in [0, 0.1) is 0 Å². The number of carbonyl (C=O) groups excluding carboxylic acids is 1. The largest absolute Gasteiger partial charge is 0.492 e. The first-order valence-electron chi connectivity index (χ1n) is 6.52. The van der Waals surface area contributed by atoms with E-state index in [0.29, 0.717) is 19.6 Å². The second-order valence-corrected chi connectivity index (χ2v) is 4.40. The predicted molar refractivity (Wildman–Crippen MR) is 74.8 cm³/mol. The number of para-hydroxylation sites is 1. The summed E-state index contributed by atoms with van der Waals surface area (Å²) in [4.78, 5) is 21.9. The molecule has 3 N–H and O–H groups in total. The highest BCUT2D eigenvalue weighted by Gasteiger charge is 2.08. The Morgan fingerprint density at radius 2 is 2.00 bits per heavy atom. The lowest BCUT2D eigenvalue weighted by Gasteiger charge is -2.13. The molecule has 6 heteroatoms. The Labute approximate surface area is 118 Å². The first-order chi connectivity index (χ1) is 9.58. The van der Waals surface area contributed by atoms with Gasteiger partial charge in [-0.1, -0.05) is 18.2 Å². The number of urea groups is 1. The van der Waals surface area contributed by atoms with Gasteiger partial charge in [-0.05, 0) is 25.5 Å². The molecule has 2 amide bonds. The molecule has 0 aliphatic heterocycles. The number of carboxylic acid groups (broad SMARTS) is 1. The van der Waals surface area contributed by atoms with E-state index in [1.807, 2.05) is 30.3 Å². The van der Waals surface area contributed by atoms with Crippen LogP contribution in [0.3, 0.4) is 0 Å². The molecule has 0 saturated heterocycles. The molecule has 6 nitrogen and oxygen atoms in total. The molecule has 0 fully saturated rings. The van der Waals surface area contributed by atoms with Gasteiger partial charge in [0.05, 0.1) is 6.54 Å². The normalized spacial score (nSPS) is 11.4. The third-order valence-corrected chi connectivity index (χ3v) is 2.57. The van der Waals surface area contributed by atoms with Crippen molar-refractivity contribution in [3.8, 4) is 5.75 Å². The van der Waals surface area contributed by atoms with E-state index in [9.17, 15) is 9.59 Å². The fourth-order valence-electron chi connectivity index (χ4n) is 1.54. The van der Waals surface area contributed by atoms with E-state index in [2.05, 4.69) is 10.6 Å². The summed E-state index contributed by atoms with van der Waals surface area (Å²) in [7, 11) is 0. The van der Waals surface area contributed by atoms with Gasteiger partial charge in [0.2, 0.25) is 0 Å². The number of rotatable bonds is 8. The number of hydrogen-bond donors (Lipinski definition) is 3. The summed E-state index contributed by atoms with van der Waals surface area (Å²) < 4.78 is 5.42. The molecule has 0 radical (unpaired) electrons. The zero-order chi connectivity index (χ0) is 14.8. The van der Waals surface area contributed by atoms with Crippen molar-refractivity contribution in [1.82, 2.24) is 10.6 Å². The summed E-state index contributed by atoms with van der Waals surface area (Å²) >= 11 is 0. The minimum Gasteiger partial charge on any atom is -0.492 e. The van der Waals surface area contributed by atoms with Gasteiger partial charge in [0.1, 0.15) is 12.4 Å². The van der Waals surface area contributed by atoms with E-state index in [4.69, 9.17) is 9.84 Å². The molecule has 1 atom stereocenters. The van der Waals surface area contributed by atoms with Gasteiger partial charge in [0.15, 0.2) is 0 Å². The fraction of sp³-hybridized carbons (Fsp3) is 0.429. The Morgan fingerprint density at radius 3 is 2.65 bits per heavy atom. The molecule has 1 rings (SSSR count). The van der Waals surface area contributed by atoms with Crippen LogP contribution in [0.4, 0.5) is 4.79 Å². The lowest BCUT2D eigenvalue weighted by atomic mass is 10.2. The van der Waals surface area contributed by atoms with Crippen LogP contribution in [0.2, 0.25) is 0 Å². The highest BCUT2D eigenvalue weighted by Crippen LogP contribution is 2.07. The second kappa shape index (κ2) is 8.79. The van der Waals surface area contributed by atoms with E-state index in [1.165, 1.54) is 0 Å². The maximum atomic E-state index is 11.5. The first kappa shape index (κ1) is 15.8. The van der Waals surface area contributed by atoms with Crippen LogP contribution in [0.5, 0.6) is 5.75 Å². The van der Waals surface area contributed by atoms with Crippen molar-refractivity contribution in [3.63, 3.8) is 0 Å². The number of nitrogens with one attached hydrogen (secondary N) is 2. The van der Waals surface area contributed by atoms with Crippen molar-refractivity contribution in [2.45, 2.75) is 25.8 Å². The van der Waals surface area contributed by atoms with Crippen LogP contribution in [0.1, 0.15) is 19.8 Å². The fourth-order valence-corrected chi connectivity index (χ4v) is 1.54. The summed E-state index contributed by atoms with van der Waals surface area (Å²) in [6.45, 7) is 2.52. The Balaban J connectivity index is 2.09. The van der Waals surface area contributed by atoms with Gasteiger partial charge in [-0.3, -0.25) is 4.79 Å². The lowest BCUT2D eigenvalue weighted by molar-refractivity contribution is -0.137. The quantitative estimate of drug-likeness (QED) is 0.631. The topological polar surface area (TPSA) is 87.7 Å². The third-order valence-electron chi connectivity index (χ3n) is 2.57. The summed E-state index contributed by atoms with van der Waals surface area (Å²) in [6.07, 6.45) is 0.446. The van der Waals surface area contributed by atoms with E-state index in [1.54, 1.807) is 6.92 Å². The highest BCUT2D eigenvalue weighted by molar-refractivity contribution is 5.74. The second-order valence-electron chi connectivity index (χ2n) is 4.40. The molecule has 20 heavy (non-hydrogen) atoms. The summed E-state index contributed by atoms with van der Waals surface area (Å²) in [6, 6.07) is 8.83. The molecule has 0 aliphatic carbocycles. The Morgan fingerprint density at radius 1 is 1.30 bits per heavy atom. The lowest BCUT2D eigenvalue weighted by Crippen LogP contribution is -2.42. The van der Waals surface area contributed by atoms with Crippen LogP contribution in [-0.4, -0.2) is 36.3 Å². The minimum absolute atomic E-state index is 0.0402. The predicted octanol–water partition coefficient (Wildman–Crippen LogP) is 1.62. The average Bonchev–Trinajstić information content (AvgIpc) is 2.42. The van der Waals surface area contributed by atoms with E-state index in [-0.39, 0.29) is 18.5 Å². The SMILES string of the molecule is CC(CCC(=O)O)NC(=O)NCCOc1ccccc1. The van der Waals surface area contributed by atoms with Gasteiger partial charge in [-0.2, -0.15) is 0 Å². The van der Waals surface area contributed by atoms with Crippen molar-refractivity contribution in [1.29, 1.82) is 0 Å². The van der Waals surface area contributed by atoms with Crippen LogP contribution >= 0.6 is 0 Å². The van der Waals surface area contributed by atoms with Crippen molar-refractivity contribution in [3.05, 3.63) is 30.3 Å². The van der Waals surface area contributed by atoms with Gasteiger partial charge < -0.3 is 20.5 Å². The van der Waals surface area contributed by atoms with Crippen LogP contribution in [0.15, 0.2) is 30.3 Å². The van der Waals surface area contributed by atoms with Crippen LogP contribution < -0.4 is 15.4 Å². The number of amides is 2. The molecular weight excluding hydrogens is 260 g/mol. The number of hydrogen-bond acceptors (Lipinski definition) is 3. The van der Waals surface area contributed by atoms with Gasteiger partial charge >= 0.3 is 12.0 Å². The molecule has 1 aromatic rings. The molecule has 1 unspecified atom stereocenters. The maximum Gasteiger partial charge on any atom is 0.315 e. The van der Waals surface area contributed by atoms with E-state index in [0.717, 1.165) is 5.75 Å². The molecule has 110 valence electrons. The monoisotopic (exact) mass is 280 g/mol. The number of ether oxygens (including phenoxy) is 1. The van der Waals surface area contributed by atoms with Crippen molar-refractivity contribution >= 4 is 12.0 Å². The summed E-state index contributed by atoms with van der Waals surface area (Å²) in [5.74, 6) is -0.111. The van der Waals surface area contributed by atoms with E-state index >= 15 is 0 Å². The van der Waals surface area contributed by atoms with Crippen molar-refractivity contribution in [2.24, 2.45) is 0 Å². The molecule has 0 aromatic heterocycles. The standard InChI is InChI=1S/C14H20N2O4/c1-11(7-8-13(17)18)16-14(19)15-9-10-20-12-5-3-2-4-6-12/h2-6,11H,7-10H2,1H3,(H,17,18)(H2,15,16,19). The minimum atomic E-state index is -0.865. The zero-order valence-electron chi connectivity index (χ0n) is 11.5. The smallest absolute Gasteiger partial charge is 0.315 e. The summed E-state index contributed by atoms with van der Waals surface area (Å²) in [5.41, 5.74) is 0. The Hall–Kier alpha value is -2.24. The maximum absolute atomic E-state index is 11.5. The molecule has 0 aliphatic rings. The highest BCUT2D eigenvalue weighted by atomic mass is 16.5. The molecule has 1 aromatic carbocycles. The third kappa shape index (κ3) is 7.25. The van der Waals surface area contributed by atoms with Gasteiger partial charge in [-0.15, -0.1) is 0 Å². The zero-order valence-corrected chi connectivity index (χ0v) is 11.5. The number of carboxylic acids is 1. The van der Waals surface area contributed by atoms with Crippen molar-refractivity contribution < 1.29 is 19.4 Å². The molecule has 0 spiro atoms. The molecular formula is C14H20N2O4.